The lowest BCUT2D eigenvalue weighted by atomic mass is 10.3. The predicted molar refractivity (Wildman–Crippen MR) is 114 cm³/mol. The third kappa shape index (κ3) is 3.16. The number of aryl methyl sites for hydroxylation is 2. The Hall–Kier alpha value is -3.81. The molecule has 0 N–H and O–H groups in total. The van der Waals surface area contributed by atoms with Crippen molar-refractivity contribution in [1.82, 2.24) is 29.1 Å². The molecule has 5 rings (SSSR count). The maximum Gasteiger partial charge on any atom is 0.228 e. The summed E-state index contributed by atoms with van der Waals surface area (Å²) in [4.78, 5) is 27.6. The van der Waals surface area contributed by atoms with E-state index in [9.17, 15) is 4.79 Å². The van der Waals surface area contributed by atoms with E-state index in [1.165, 1.54) is 0 Å². The molecule has 4 aromatic rings. The van der Waals surface area contributed by atoms with Crippen molar-refractivity contribution in [3.05, 3.63) is 65.8 Å². The lowest BCUT2D eigenvalue weighted by molar-refractivity contribution is -0.117. The first-order valence-corrected chi connectivity index (χ1v) is 9.92. The largest absolute Gasteiger partial charge is 0.298 e. The summed E-state index contributed by atoms with van der Waals surface area (Å²) < 4.78 is 3.77. The second kappa shape index (κ2) is 7.22. The minimum Gasteiger partial charge on any atom is -0.298 e. The van der Waals surface area contributed by atoms with Crippen molar-refractivity contribution in [3.8, 4) is 5.69 Å². The summed E-state index contributed by atoms with van der Waals surface area (Å²) in [5.74, 6) is 2.07. The Bertz CT molecular complexity index is 1230. The molecule has 1 aromatic carbocycles. The summed E-state index contributed by atoms with van der Waals surface area (Å²) in [6.45, 7) is 4.56. The zero-order chi connectivity index (χ0) is 20.7. The number of carbonyl (C=O) groups excluding carboxylic acids is 1. The molecule has 0 unspecified atom stereocenters. The molecule has 0 radical (unpaired) electrons. The maximum atomic E-state index is 12.2. The van der Waals surface area contributed by atoms with Gasteiger partial charge in [0.1, 0.15) is 5.82 Å². The van der Waals surface area contributed by atoms with Crippen molar-refractivity contribution >= 4 is 29.5 Å². The van der Waals surface area contributed by atoms with Crippen molar-refractivity contribution in [2.45, 2.75) is 26.7 Å². The van der Waals surface area contributed by atoms with Gasteiger partial charge in [-0.2, -0.15) is 0 Å². The van der Waals surface area contributed by atoms with Crippen LogP contribution in [-0.4, -0.2) is 41.6 Å². The highest BCUT2D eigenvalue weighted by atomic mass is 16.2. The molecule has 0 atom stereocenters. The molecule has 0 saturated carbocycles. The summed E-state index contributed by atoms with van der Waals surface area (Å²) >= 11 is 0. The van der Waals surface area contributed by atoms with Gasteiger partial charge in [-0.3, -0.25) is 19.2 Å². The molecule has 1 fully saturated rings. The SMILES string of the molecule is Cc1ncc(C)n2nc(C=Cc3nc(N4CCCC4=O)cn3-c3ccccc3)nc12. The van der Waals surface area contributed by atoms with E-state index in [0.717, 1.165) is 29.1 Å². The van der Waals surface area contributed by atoms with E-state index in [2.05, 4.69) is 15.1 Å². The topological polar surface area (TPSA) is 81.2 Å². The van der Waals surface area contributed by atoms with Crippen LogP contribution in [-0.2, 0) is 4.79 Å². The summed E-state index contributed by atoms with van der Waals surface area (Å²) in [5, 5.41) is 4.56. The molecule has 8 heteroatoms. The molecule has 1 amide bonds. The molecule has 0 spiro atoms. The number of hydrogen-bond donors (Lipinski definition) is 0. The predicted octanol–water partition coefficient (Wildman–Crippen LogP) is 3.22. The Morgan fingerprint density at radius 3 is 2.63 bits per heavy atom. The number of fused-ring (bicyclic) bond motifs is 1. The third-order valence-corrected chi connectivity index (χ3v) is 5.21. The van der Waals surface area contributed by atoms with Crippen LogP contribution in [0.15, 0.2) is 42.7 Å². The molecule has 3 aromatic heterocycles. The quantitative estimate of drug-likeness (QED) is 0.526. The van der Waals surface area contributed by atoms with Crippen LogP contribution in [0.5, 0.6) is 0 Å². The number of para-hydroxylation sites is 1. The van der Waals surface area contributed by atoms with Crippen molar-refractivity contribution in [2.75, 3.05) is 11.4 Å². The van der Waals surface area contributed by atoms with Gasteiger partial charge in [0.15, 0.2) is 17.3 Å². The normalized spacial score (nSPS) is 14.5. The van der Waals surface area contributed by atoms with E-state index in [1.54, 1.807) is 15.6 Å². The molecular formula is C22H21N7O. The number of aromatic nitrogens is 6. The van der Waals surface area contributed by atoms with E-state index in [-0.39, 0.29) is 5.91 Å². The van der Waals surface area contributed by atoms with Gasteiger partial charge < -0.3 is 0 Å². The number of amides is 1. The van der Waals surface area contributed by atoms with E-state index in [4.69, 9.17) is 4.98 Å². The molecule has 0 bridgehead atoms. The second-order valence-electron chi connectivity index (χ2n) is 7.34. The van der Waals surface area contributed by atoms with Gasteiger partial charge in [0, 0.05) is 24.8 Å². The van der Waals surface area contributed by atoms with Gasteiger partial charge in [0.05, 0.1) is 17.6 Å². The zero-order valence-corrected chi connectivity index (χ0v) is 16.9. The molecule has 4 heterocycles. The van der Waals surface area contributed by atoms with E-state index >= 15 is 0 Å². The molecule has 150 valence electrons. The first-order chi connectivity index (χ1) is 14.6. The molecule has 1 aliphatic rings. The number of anilines is 1. The third-order valence-electron chi connectivity index (χ3n) is 5.21. The first kappa shape index (κ1) is 18.2. The zero-order valence-electron chi connectivity index (χ0n) is 16.9. The van der Waals surface area contributed by atoms with Crippen LogP contribution in [0.4, 0.5) is 5.82 Å². The maximum absolute atomic E-state index is 12.2. The summed E-state index contributed by atoms with van der Waals surface area (Å²) in [6.07, 6.45) is 8.84. The monoisotopic (exact) mass is 399 g/mol. The number of imidazole rings is 1. The Labute approximate surface area is 173 Å². The Morgan fingerprint density at radius 2 is 1.90 bits per heavy atom. The van der Waals surface area contributed by atoms with Gasteiger partial charge in [-0.1, -0.05) is 18.2 Å². The molecule has 1 aliphatic heterocycles. The average Bonchev–Trinajstić information content (AvgIpc) is 3.48. The summed E-state index contributed by atoms with van der Waals surface area (Å²) in [5.41, 5.74) is 3.46. The van der Waals surface area contributed by atoms with E-state index in [1.807, 2.05) is 67.1 Å². The Balaban J connectivity index is 1.56. The number of nitrogens with zero attached hydrogens (tertiary/aromatic N) is 7. The standard InChI is InChI=1S/C22H21N7O/c1-15-13-23-16(2)22-24-18(26-29(15)22)10-11-19-25-20(27-12-6-9-21(27)30)14-28(19)17-7-4-3-5-8-17/h3-5,7-8,10-11,13-14H,6,9,12H2,1-2H3. The van der Waals surface area contributed by atoms with Gasteiger partial charge in [-0.05, 0) is 44.6 Å². The molecule has 8 nitrogen and oxygen atoms in total. The van der Waals surface area contributed by atoms with Gasteiger partial charge >= 0.3 is 0 Å². The van der Waals surface area contributed by atoms with Crippen LogP contribution in [0.3, 0.4) is 0 Å². The van der Waals surface area contributed by atoms with Crippen LogP contribution >= 0.6 is 0 Å². The highest BCUT2D eigenvalue weighted by Gasteiger charge is 2.24. The minimum absolute atomic E-state index is 0.115. The van der Waals surface area contributed by atoms with Crippen LogP contribution in [0.25, 0.3) is 23.5 Å². The smallest absolute Gasteiger partial charge is 0.228 e. The Kier molecular flexibility index (Phi) is 4.39. The second-order valence-corrected chi connectivity index (χ2v) is 7.34. The molecule has 1 saturated heterocycles. The highest BCUT2D eigenvalue weighted by molar-refractivity contribution is 5.94. The number of carbonyl (C=O) groups is 1. The average molecular weight is 399 g/mol. The lowest BCUT2D eigenvalue weighted by Crippen LogP contribution is -2.23. The minimum atomic E-state index is 0.115. The summed E-state index contributed by atoms with van der Waals surface area (Å²) in [7, 11) is 0. The fourth-order valence-corrected chi connectivity index (χ4v) is 3.65. The fraction of sp³-hybridized carbons (Fsp3) is 0.227. The van der Waals surface area contributed by atoms with Crippen LogP contribution in [0.2, 0.25) is 0 Å². The van der Waals surface area contributed by atoms with E-state index < -0.39 is 0 Å². The molecule has 30 heavy (non-hydrogen) atoms. The van der Waals surface area contributed by atoms with Crippen molar-refractivity contribution in [3.63, 3.8) is 0 Å². The van der Waals surface area contributed by atoms with Crippen molar-refractivity contribution < 1.29 is 4.79 Å². The summed E-state index contributed by atoms with van der Waals surface area (Å²) in [6, 6.07) is 9.95. The first-order valence-electron chi connectivity index (χ1n) is 9.92. The van der Waals surface area contributed by atoms with Crippen LogP contribution in [0, 0.1) is 13.8 Å². The van der Waals surface area contributed by atoms with Crippen LogP contribution < -0.4 is 4.90 Å². The van der Waals surface area contributed by atoms with Crippen molar-refractivity contribution in [2.24, 2.45) is 0 Å². The number of hydrogen-bond acceptors (Lipinski definition) is 5. The molecular weight excluding hydrogens is 378 g/mol. The highest BCUT2D eigenvalue weighted by Crippen LogP contribution is 2.24. The van der Waals surface area contributed by atoms with Gasteiger partial charge in [-0.15, -0.1) is 5.10 Å². The van der Waals surface area contributed by atoms with Gasteiger partial charge in [0.25, 0.3) is 0 Å². The molecule has 0 aliphatic carbocycles. The van der Waals surface area contributed by atoms with E-state index in [0.29, 0.717) is 30.4 Å². The lowest BCUT2D eigenvalue weighted by Gasteiger charge is -2.10. The van der Waals surface area contributed by atoms with Gasteiger partial charge in [-0.25, -0.2) is 14.5 Å². The van der Waals surface area contributed by atoms with Gasteiger partial charge in [0.2, 0.25) is 5.91 Å². The fourth-order valence-electron chi connectivity index (χ4n) is 3.65. The van der Waals surface area contributed by atoms with Crippen LogP contribution in [0.1, 0.15) is 35.9 Å². The Morgan fingerprint density at radius 1 is 1.07 bits per heavy atom. The number of benzene rings is 1. The van der Waals surface area contributed by atoms with Crippen molar-refractivity contribution in [1.29, 1.82) is 0 Å². The number of rotatable bonds is 4.